The molecule has 0 fully saturated rings. The largest absolute Gasteiger partial charge is 0.375 e. The van der Waals surface area contributed by atoms with E-state index in [1.54, 1.807) is 0 Å². The molecule has 0 aliphatic carbocycles. The number of anilines is 2. The fourth-order valence-corrected chi connectivity index (χ4v) is 3.26. The van der Waals surface area contributed by atoms with Crippen molar-refractivity contribution in [1.82, 2.24) is 10.4 Å². The zero-order valence-electron chi connectivity index (χ0n) is 14.6. The lowest BCUT2D eigenvalue weighted by Crippen LogP contribution is -2.32. The first-order valence-electron chi connectivity index (χ1n) is 8.63. The monoisotopic (exact) mass is 362 g/mol. The van der Waals surface area contributed by atoms with Crippen LogP contribution in [0, 0.1) is 0 Å². The molecular weight excluding hydrogens is 335 g/mol. The van der Waals surface area contributed by atoms with Crippen molar-refractivity contribution in [2.45, 2.75) is 32.6 Å². The Labute approximate surface area is 149 Å². The van der Waals surface area contributed by atoms with Crippen molar-refractivity contribution < 1.29 is 9.09 Å². The van der Waals surface area contributed by atoms with Crippen molar-refractivity contribution in [2.24, 2.45) is 0 Å². The minimum Gasteiger partial charge on any atom is -0.313 e. The van der Waals surface area contributed by atoms with Crippen molar-refractivity contribution in [3.05, 3.63) is 60.7 Å². The maximum atomic E-state index is 13.0. The Hall–Kier alpha value is -1.85. The van der Waals surface area contributed by atoms with Gasteiger partial charge in [-0.3, -0.25) is 4.57 Å². The first-order valence-corrected chi connectivity index (χ1v) is 10.3. The molecule has 0 radical (unpaired) electrons. The Morgan fingerprint density at radius 2 is 1.32 bits per heavy atom. The molecule has 0 amide bonds. The Morgan fingerprint density at radius 3 is 1.80 bits per heavy atom. The van der Waals surface area contributed by atoms with Gasteiger partial charge in [0.2, 0.25) is 0 Å². The third-order valence-corrected chi connectivity index (χ3v) is 4.87. The summed E-state index contributed by atoms with van der Waals surface area (Å²) in [6.07, 6.45) is 4.24. The van der Waals surface area contributed by atoms with E-state index in [0.29, 0.717) is 6.61 Å². The highest BCUT2D eigenvalue weighted by atomic mass is 31.2. The average Bonchev–Trinajstić information content (AvgIpc) is 2.67. The molecule has 0 spiro atoms. The van der Waals surface area contributed by atoms with Gasteiger partial charge in [0.1, 0.15) is 0 Å². The summed E-state index contributed by atoms with van der Waals surface area (Å²) in [7, 11) is -3.32. The molecule has 6 nitrogen and oxygen atoms in total. The lowest BCUT2D eigenvalue weighted by molar-refractivity contribution is 0.291. The Kier molecular flexibility index (Phi) is 8.49. The van der Waals surface area contributed by atoms with Crippen LogP contribution in [-0.4, -0.2) is 6.61 Å². The van der Waals surface area contributed by atoms with Crippen molar-refractivity contribution in [1.29, 1.82) is 0 Å². The number of rotatable bonds is 12. The van der Waals surface area contributed by atoms with Gasteiger partial charge in [-0.25, -0.2) is 0 Å². The number of hydrogen-bond donors (Lipinski definition) is 4. The summed E-state index contributed by atoms with van der Waals surface area (Å²) in [6.45, 7) is 2.58. The summed E-state index contributed by atoms with van der Waals surface area (Å²) in [5.74, 6) is 0. The van der Waals surface area contributed by atoms with Gasteiger partial charge in [-0.2, -0.15) is 0 Å². The molecule has 2 rings (SSSR count). The third-order valence-electron chi connectivity index (χ3n) is 3.51. The highest BCUT2D eigenvalue weighted by Gasteiger charge is 2.22. The Bertz CT molecular complexity index is 593. The molecule has 7 heteroatoms. The minimum absolute atomic E-state index is 0.421. The molecule has 0 atom stereocenters. The van der Waals surface area contributed by atoms with Gasteiger partial charge in [0, 0.05) is 11.4 Å². The van der Waals surface area contributed by atoms with Crippen LogP contribution in [0.4, 0.5) is 11.4 Å². The van der Waals surface area contributed by atoms with Crippen molar-refractivity contribution in [2.75, 3.05) is 17.5 Å². The standard InChI is InChI=1S/C18H27N4O2P/c1-2-3-4-11-16-24-25(23,21-19-17-12-7-5-8-13-17)22-20-18-14-9-6-10-15-18/h5-10,12-15,19-20H,2-4,11,16H2,1H3,(H2,21,22,23). The summed E-state index contributed by atoms with van der Waals surface area (Å²) in [5, 5.41) is 5.57. The molecule has 2 aromatic rings. The molecule has 0 saturated carbocycles. The van der Waals surface area contributed by atoms with Crippen molar-refractivity contribution >= 4 is 19.0 Å². The quantitative estimate of drug-likeness (QED) is 0.244. The van der Waals surface area contributed by atoms with E-state index >= 15 is 0 Å². The lowest BCUT2D eigenvalue weighted by Gasteiger charge is -2.22. The Balaban J connectivity index is 1.90. The van der Waals surface area contributed by atoms with E-state index in [-0.39, 0.29) is 0 Å². The fourth-order valence-electron chi connectivity index (χ4n) is 2.13. The van der Waals surface area contributed by atoms with Crippen molar-refractivity contribution in [3.63, 3.8) is 0 Å². The van der Waals surface area contributed by atoms with Crippen LogP contribution in [0.5, 0.6) is 0 Å². The number of nitrogens with one attached hydrogen (secondary N) is 4. The molecule has 0 aliphatic rings. The topological polar surface area (TPSA) is 74.4 Å². The number of hydrazine groups is 2. The second-order valence-electron chi connectivity index (χ2n) is 5.65. The van der Waals surface area contributed by atoms with Gasteiger partial charge in [0.05, 0.1) is 6.61 Å². The van der Waals surface area contributed by atoms with Gasteiger partial charge >= 0.3 is 7.67 Å². The molecular formula is C18H27N4O2P. The van der Waals surface area contributed by atoms with E-state index in [4.69, 9.17) is 4.52 Å². The zero-order valence-corrected chi connectivity index (χ0v) is 15.5. The summed E-state index contributed by atoms with van der Waals surface area (Å²) < 4.78 is 18.7. The molecule has 0 aromatic heterocycles. The van der Waals surface area contributed by atoms with Gasteiger partial charge in [0.25, 0.3) is 0 Å². The average molecular weight is 362 g/mol. The van der Waals surface area contributed by atoms with Gasteiger partial charge in [-0.15, -0.1) is 10.4 Å². The molecule has 0 heterocycles. The number of hydrogen-bond acceptors (Lipinski definition) is 4. The third kappa shape index (κ3) is 7.71. The Morgan fingerprint density at radius 1 is 0.800 bits per heavy atom. The van der Waals surface area contributed by atoms with Gasteiger partial charge in [-0.05, 0) is 30.7 Å². The predicted octanol–water partition coefficient (Wildman–Crippen LogP) is 4.92. The van der Waals surface area contributed by atoms with Crippen LogP contribution in [-0.2, 0) is 9.09 Å². The fraction of sp³-hybridized carbons (Fsp3) is 0.333. The predicted molar refractivity (Wildman–Crippen MR) is 104 cm³/mol. The van der Waals surface area contributed by atoms with E-state index in [0.717, 1.165) is 37.1 Å². The lowest BCUT2D eigenvalue weighted by atomic mass is 10.2. The van der Waals surface area contributed by atoms with Gasteiger partial charge < -0.3 is 15.4 Å². The van der Waals surface area contributed by atoms with E-state index in [1.165, 1.54) is 0 Å². The van der Waals surface area contributed by atoms with Crippen LogP contribution in [0.25, 0.3) is 0 Å². The molecule has 0 saturated heterocycles. The first kappa shape index (κ1) is 19.5. The van der Waals surface area contributed by atoms with Crippen LogP contribution in [0.15, 0.2) is 60.7 Å². The number of para-hydroxylation sites is 2. The van der Waals surface area contributed by atoms with Crippen LogP contribution >= 0.6 is 7.67 Å². The summed E-state index contributed by atoms with van der Waals surface area (Å²) in [6, 6.07) is 19.0. The van der Waals surface area contributed by atoms with Crippen LogP contribution in [0.2, 0.25) is 0 Å². The normalized spacial score (nSPS) is 11.2. The maximum absolute atomic E-state index is 13.0. The van der Waals surface area contributed by atoms with E-state index in [1.807, 2.05) is 60.7 Å². The second kappa shape index (κ2) is 10.9. The molecule has 2 aromatic carbocycles. The van der Waals surface area contributed by atoms with Gasteiger partial charge in [-0.1, -0.05) is 62.6 Å². The molecule has 25 heavy (non-hydrogen) atoms. The van der Waals surface area contributed by atoms with Crippen LogP contribution in [0.1, 0.15) is 32.6 Å². The highest BCUT2D eigenvalue weighted by Crippen LogP contribution is 2.37. The molecule has 136 valence electrons. The van der Waals surface area contributed by atoms with E-state index in [9.17, 15) is 4.57 Å². The molecule has 4 N–H and O–H groups in total. The molecule has 0 bridgehead atoms. The van der Waals surface area contributed by atoms with Crippen LogP contribution in [0.3, 0.4) is 0 Å². The minimum atomic E-state index is -3.32. The number of benzene rings is 2. The zero-order chi connectivity index (χ0) is 17.8. The highest BCUT2D eigenvalue weighted by molar-refractivity contribution is 7.54. The SMILES string of the molecule is CCCCCCOP(=O)(NNc1ccccc1)NNc1ccccc1. The molecule has 0 aliphatic heterocycles. The summed E-state index contributed by atoms with van der Waals surface area (Å²) in [5.41, 5.74) is 7.47. The van der Waals surface area contributed by atoms with E-state index < -0.39 is 7.67 Å². The van der Waals surface area contributed by atoms with Gasteiger partial charge in [0.15, 0.2) is 0 Å². The summed E-state index contributed by atoms with van der Waals surface area (Å²) >= 11 is 0. The smallest absolute Gasteiger partial charge is 0.313 e. The first-order chi connectivity index (χ1) is 12.2. The second-order valence-corrected chi connectivity index (χ2v) is 7.46. The summed E-state index contributed by atoms with van der Waals surface area (Å²) in [4.78, 5) is 0. The van der Waals surface area contributed by atoms with Crippen LogP contribution < -0.4 is 21.2 Å². The number of unbranched alkanes of at least 4 members (excludes halogenated alkanes) is 3. The van der Waals surface area contributed by atoms with E-state index in [2.05, 4.69) is 28.2 Å². The van der Waals surface area contributed by atoms with Crippen molar-refractivity contribution in [3.8, 4) is 0 Å². The maximum Gasteiger partial charge on any atom is 0.375 e. The molecule has 0 unspecified atom stereocenters.